The Kier molecular flexibility index (Phi) is 6.81. The molecule has 3 aromatic rings. The first-order valence-corrected chi connectivity index (χ1v) is 13.0. The predicted molar refractivity (Wildman–Crippen MR) is 128 cm³/mol. The van der Waals surface area contributed by atoms with E-state index in [1.165, 1.54) is 39.3 Å². The van der Waals surface area contributed by atoms with Gasteiger partial charge in [-0.15, -0.1) is 0 Å². The van der Waals surface area contributed by atoms with Crippen LogP contribution in [0.5, 0.6) is 0 Å². The van der Waals surface area contributed by atoms with Crippen LogP contribution in [-0.2, 0) is 10.0 Å². The highest BCUT2D eigenvalue weighted by molar-refractivity contribution is 7.99. The number of hydrogen-bond donors (Lipinski definition) is 0. The van der Waals surface area contributed by atoms with Gasteiger partial charge in [-0.05, 0) is 57.0 Å². The van der Waals surface area contributed by atoms with E-state index in [2.05, 4.69) is 5.10 Å². The number of sulfonamides is 1. The van der Waals surface area contributed by atoms with E-state index >= 15 is 0 Å². The van der Waals surface area contributed by atoms with Crippen LogP contribution >= 0.6 is 23.4 Å². The van der Waals surface area contributed by atoms with Crippen LogP contribution in [0.1, 0.15) is 29.0 Å². The van der Waals surface area contributed by atoms with Gasteiger partial charge in [0, 0.05) is 17.6 Å². The molecule has 12 heteroatoms. The first-order valence-electron chi connectivity index (χ1n) is 10.4. The second-order valence-corrected chi connectivity index (χ2v) is 11.2. The summed E-state index contributed by atoms with van der Waals surface area (Å²) >= 11 is 7.05. The summed E-state index contributed by atoms with van der Waals surface area (Å²) in [6.45, 7) is 3.63. The average Bonchev–Trinajstić information content (AvgIpc) is 3.41. The minimum atomic E-state index is -3.90. The Morgan fingerprint density at radius 3 is 2.53 bits per heavy atom. The fourth-order valence-electron chi connectivity index (χ4n) is 3.95. The minimum absolute atomic E-state index is 0.0404. The monoisotopic (exact) mass is 520 g/mol. The van der Waals surface area contributed by atoms with Gasteiger partial charge in [0.1, 0.15) is 6.04 Å². The van der Waals surface area contributed by atoms with Crippen molar-refractivity contribution in [1.82, 2.24) is 14.1 Å². The molecule has 0 unspecified atom stereocenters. The summed E-state index contributed by atoms with van der Waals surface area (Å²) < 4.78 is 28.9. The molecule has 9 nitrogen and oxygen atoms in total. The van der Waals surface area contributed by atoms with E-state index in [0.717, 1.165) is 11.8 Å². The smallest absolute Gasteiger partial charge is 0.271 e. The molecule has 0 N–H and O–H groups in total. The molecule has 0 spiro atoms. The average molecular weight is 521 g/mol. The van der Waals surface area contributed by atoms with Crippen molar-refractivity contribution < 1.29 is 18.1 Å². The summed E-state index contributed by atoms with van der Waals surface area (Å²) in [6, 6.07) is 11.3. The first-order chi connectivity index (χ1) is 16.1. The van der Waals surface area contributed by atoms with Gasteiger partial charge in [0.25, 0.3) is 11.6 Å². The molecule has 34 heavy (non-hydrogen) atoms. The summed E-state index contributed by atoms with van der Waals surface area (Å²) in [5, 5.41) is 16.2. The van der Waals surface area contributed by atoms with Crippen LogP contribution in [0, 0.1) is 24.0 Å². The van der Waals surface area contributed by atoms with Gasteiger partial charge in [0.15, 0.2) is 0 Å². The molecule has 2 aromatic carbocycles. The molecule has 2 heterocycles. The lowest BCUT2D eigenvalue weighted by Crippen LogP contribution is -2.43. The van der Waals surface area contributed by atoms with Crippen LogP contribution in [0.3, 0.4) is 0 Å². The lowest BCUT2D eigenvalue weighted by Gasteiger charge is -2.23. The molecule has 0 saturated carbocycles. The largest absolute Gasteiger partial charge is 0.283 e. The van der Waals surface area contributed by atoms with Crippen molar-refractivity contribution in [3.63, 3.8) is 0 Å². The van der Waals surface area contributed by atoms with Crippen LogP contribution in [-0.4, -0.2) is 45.9 Å². The number of aromatic nitrogens is 2. The van der Waals surface area contributed by atoms with Gasteiger partial charge in [-0.2, -0.15) is 9.40 Å². The van der Waals surface area contributed by atoms with Crippen molar-refractivity contribution >= 4 is 45.0 Å². The summed E-state index contributed by atoms with van der Waals surface area (Å²) in [7, 11) is -3.90. The Morgan fingerprint density at radius 1 is 1.18 bits per heavy atom. The third-order valence-corrected chi connectivity index (χ3v) is 9.15. The lowest BCUT2D eigenvalue weighted by atomic mass is 10.2. The van der Waals surface area contributed by atoms with Gasteiger partial charge in [-0.1, -0.05) is 35.5 Å². The fourth-order valence-corrected chi connectivity index (χ4v) is 6.77. The fraction of sp³-hybridized carbons (Fsp3) is 0.273. The molecule has 0 bridgehead atoms. The molecule has 4 rings (SSSR count). The lowest BCUT2D eigenvalue weighted by molar-refractivity contribution is -0.387. The number of nitro groups is 1. The van der Waals surface area contributed by atoms with Gasteiger partial charge in [0.2, 0.25) is 10.0 Å². The van der Waals surface area contributed by atoms with E-state index in [9.17, 15) is 23.3 Å². The second-order valence-electron chi connectivity index (χ2n) is 7.80. The van der Waals surface area contributed by atoms with E-state index in [4.69, 9.17) is 11.6 Å². The Labute approximate surface area is 205 Å². The number of rotatable bonds is 6. The molecule has 1 fully saturated rings. The highest BCUT2D eigenvalue weighted by Gasteiger charge is 2.41. The molecular weight excluding hydrogens is 500 g/mol. The zero-order valence-corrected chi connectivity index (χ0v) is 20.7. The zero-order valence-electron chi connectivity index (χ0n) is 18.3. The number of nitro benzene ring substituents is 1. The Bertz CT molecular complexity index is 1370. The molecule has 0 aliphatic carbocycles. The van der Waals surface area contributed by atoms with Crippen molar-refractivity contribution in [2.45, 2.75) is 47.4 Å². The van der Waals surface area contributed by atoms with Gasteiger partial charge in [0.05, 0.1) is 31.0 Å². The summed E-state index contributed by atoms with van der Waals surface area (Å²) in [4.78, 5) is 25.5. The van der Waals surface area contributed by atoms with E-state index < -0.39 is 26.9 Å². The molecule has 0 radical (unpaired) electrons. The quantitative estimate of drug-likeness (QED) is 0.341. The topological polar surface area (TPSA) is 115 Å². The SMILES string of the molecule is Cc1nn(C(=O)[C@@H]2CCCN2S(=O)(=O)c2ccc(Cl)cc2)c(C)c1Sc1ccccc1[N+](=O)[O-]. The van der Waals surface area contributed by atoms with Gasteiger partial charge in [-0.3, -0.25) is 14.9 Å². The number of halogens is 1. The summed E-state index contributed by atoms with van der Waals surface area (Å²) in [5.41, 5.74) is 0.988. The number of carbonyl (C=O) groups excluding carboxylic acids is 1. The van der Waals surface area contributed by atoms with E-state index in [-0.39, 0.29) is 17.1 Å². The molecule has 1 atom stereocenters. The van der Waals surface area contributed by atoms with Crippen LogP contribution in [0.4, 0.5) is 5.69 Å². The summed E-state index contributed by atoms with van der Waals surface area (Å²) in [6.07, 6.45) is 0.914. The molecule has 0 amide bonds. The predicted octanol–water partition coefficient (Wildman–Crippen LogP) is 4.71. The molecular formula is C22H21ClN4O5S2. The van der Waals surface area contributed by atoms with Gasteiger partial charge in [-0.25, -0.2) is 13.1 Å². The van der Waals surface area contributed by atoms with E-state index in [1.807, 2.05) is 0 Å². The van der Waals surface area contributed by atoms with E-state index in [0.29, 0.717) is 39.0 Å². The number of hydrogen-bond acceptors (Lipinski definition) is 7. The van der Waals surface area contributed by atoms with Crippen LogP contribution in [0.2, 0.25) is 5.02 Å². The second kappa shape index (κ2) is 9.49. The Morgan fingerprint density at radius 2 is 1.85 bits per heavy atom. The summed E-state index contributed by atoms with van der Waals surface area (Å²) in [5.74, 6) is -0.454. The van der Waals surface area contributed by atoms with E-state index in [1.54, 1.807) is 32.0 Å². The Balaban J connectivity index is 1.65. The third-order valence-electron chi connectivity index (χ3n) is 5.62. The van der Waals surface area contributed by atoms with Crippen molar-refractivity contribution in [3.05, 3.63) is 75.1 Å². The molecule has 1 aromatic heterocycles. The van der Waals surface area contributed by atoms with Gasteiger partial charge >= 0.3 is 0 Å². The number of nitrogens with zero attached hydrogens (tertiary/aromatic N) is 4. The number of aryl methyl sites for hydroxylation is 1. The van der Waals surface area contributed by atoms with Gasteiger partial charge < -0.3 is 0 Å². The van der Waals surface area contributed by atoms with Crippen molar-refractivity contribution in [2.75, 3.05) is 6.54 Å². The first kappa shape index (κ1) is 24.4. The highest BCUT2D eigenvalue weighted by atomic mass is 35.5. The number of para-hydroxylation sites is 1. The standard InChI is InChI=1S/C22H21ClN4O5S2/c1-14-21(33-20-8-4-3-6-18(20)27(29)30)15(2)26(24-14)22(28)19-7-5-13-25(19)34(31,32)17-11-9-16(23)10-12-17/h3-4,6,8-12,19H,5,7,13H2,1-2H3/t19-/m0/s1. The van der Waals surface area contributed by atoms with Crippen LogP contribution in [0.15, 0.2) is 63.2 Å². The number of benzene rings is 2. The molecule has 1 aliphatic rings. The van der Waals surface area contributed by atoms with Crippen molar-refractivity contribution in [1.29, 1.82) is 0 Å². The molecule has 178 valence electrons. The third kappa shape index (κ3) is 4.48. The van der Waals surface area contributed by atoms with Crippen LogP contribution < -0.4 is 0 Å². The normalized spacial score (nSPS) is 16.6. The van der Waals surface area contributed by atoms with Crippen molar-refractivity contribution in [2.24, 2.45) is 0 Å². The maximum absolute atomic E-state index is 13.5. The highest BCUT2D eigenvalue weighted by Crippen LogP contribution is 2.38. The number of carbonyl (C=O) groups is 1. The minimum Gasteiger partial charge on any atom is -0.271 e. The maximum Gasteiger partial charge on any atom is 0.283 e. The zero-order chi connectivity index (χ0) is 24.6. The van der Waals surface area contributed by atoms with Crippen LogP contribution in [0.25, 0.3) is 0 Å². The Hall–Kier alpha value is -2.73. The molecule has 1 aliphatic heterocycles. The van der Waals surface area contributed by atoms with Crippen molar-refractivity contribution in [3.8, 4) is 0 Å². The molecule has 1 saturated heterocycles. The maximum atomic E-state index is 13.5.